The van der Waals surface area contributed by atoms with Crippen LogP contribution in [-0.4, -0.2) is 19.6 Å². The van der Waals surface area contributed by atoms with Gasteiger partial charge in [0.15, 0.2) is 5.96 Å². The largest absolute Gasteiger partial charge is 0.356 e. The first-order valence-corrected chi connectivity index (χ1v) is 8.04. The first-order valence-electron chi connectivity index (χ1n) is 8.04. The second-order valence-electron chi connectivity index (χ2n) is 5.63. The third kappa shape index (κ3) is 5.41. The number of aliphatic imine (C=N–C) groups is 1. The summed E-state index contributed by atoms with van der Waals surface area (Å²) in [6, 6.07) is 6.38. The minimum atomic E-state index is -0.320. The first kappa shape index (κ1) is 17.0. The van der Waals surface area contributed by atoms with E-state index < -0.39 is 0 Å². The zero-order valence-corrected chi connectivity index (χ0v) is 13.5. The quantitative estimate of drug-likeness (QED) is 0.498. The standard InChI is InChI=1S/C18H23FN4/c1-21-18(22-10-9-14-5-3-2-4-6-14)23-13-16-11-15(12-20)7-8-17(16)19/h5,7-8,11H,2-4,6,9-10,13H2,1H3,(H2,21,22,23). The molecule has 2 rings (SSSR count). The summed E-state index contributed by atoms with van der Waals surface area (Å²) in [4.78, 5) is 4.15. The lowest BCUT2D eigenvalue weighted by Gasteiger charge is -2.15. The van der Waals surface area contributed by atoms with Gasteiger partial charge in [-0.15, -0.1) is 0 Å². The van der Waals surface area contributed by atoms with Gasteiger partial charge in [0.2, 0.25) is 0 Å². The fourth-order valence-electron chi connectivity index (χ4n) is 2.65. The van der Waals surface area contributed by atoms with Crippen molar-refractivity contribution in [3.05, 3.63) is 46.8 Å². The van der Waals surface area contributed by atoms with Gasteiger partial charge in [-0.05, 0) is 50.3 Å². The maximum atomic E-state index is 13.7. The SMILES string of the molecule is CN=C(NCCC1=CCCCC1)NCc1cc(C#N)ccc1F. The third-order valence-corrected chi connectivity index (χ3v) is 3.97. The molecule has 0 unspecified atom stereocenters. The van der Waals surface area contributed by atoms with E-state index in [-0.39, 0.29) is 5.82 Å². The Balaban J connectivity index is 1.81. The Labute approximate surface area is 137 Å². The number of allylic oxidation sites excluding steroid dienone is 1. The van der Waals surface area contributed by atoms with Gasteiger partial charge in [0, 0.05) is 25.7 Å². The van der Waals surface area contributed by atoms with Gasteiger partial charge in [0.05, 0.1) is 11.6 Å². The van der Waals surface area contributed by atoms with Crippen molar-refractivity contribution < 1.29 is 4.39 Å². The van der Waals surface area contributed by atoms with E-state index in [2.05, 4.69) is 21.7 Å². The van der Waals surface area contributed by atoms with Crippen molar-refractivity contribution in [3.63, 3.8) is 0 Å². The molecule has 1 aliphatic rings. The van der Waals surface area contributed by atoms with Crippen molar-refractivity contribution in [2.24, 2.45) is 4.99 Å². The summed E-state index contributed by atoms with van der Waals surface area (Å²) >= 11 is 0. The molecule has 0 fully saturated rings. The smallest absolute Gasteiger partial charge is 0.191 e. The fraction of sp³-hybridized carbons (Fsp3) is 0.444. The molecule has 1 aromatic carbocycles. The average Bonchev–Trinajstić information content (AvgIpc) is 2.60. The molecule has 1 aromatic rings. The molecule has 4 nitrogen and oxygen atoms in total. The molecular weight excluding hydrogens is 291 g/mol. The van der Waals surface area contributed by atoms with E-state index in [1.807, 2.05) is 6.07 Å². The molecule has 0 aromatic heterocycles. The molecule has 0 saturated carbocycles. The van der Waals surface area contributed by atoms with E-state index in [9.17, 15) is 4.39 Å². The van der Waals surface area contributed by atoms with Crippen molar-refractivity contribution in [2.75, 3.05) is 13.6 Å². The van der Waals surface area contributed by atoms with E-state index in [1.54, 1.807) is 13.1 Å². The fourth-order valence-corrected chi connectivity index (χ4v) is 2.65. The van der Waals surface area contributed by atoms with Crippen molar-refractivity contribution in [3.8, 4) is 6.07 Å². The zero-order chi connectivity index (χ0) is 16.5. The molecule has 122 valence electrons. The number of nitriles is 1. The van der Waals surface area contributed by atoms with Crippen LogP contribution in [0.1, 0.15) is 43.2 Å². The van der Waals surface area contributed by atoms with E-state index >= 15 is 0 Å². The van der Waals surface area contributed by atoms with Crippen molar-refractivity contribution in [1.82, 2.24) is 10.6 Å². The van der Waals surface area contributed by atoms with Crippen LogP contribution in [0.4, 0.5) is 4.39 Å². The second-order valence-corrected chi connectivity index (χ2v) is 5.63. The number of hydrogen-bond acceptors (Lipinski definition) is 2. The monoisotopic (exact) mass is 314 g/mol. The van der Waals surface area contributed by atoms with Crippen LogP contribution in [0.3, 0.4) is 0 Å². The highest BCUT2D eigenvalue weighted by Gasteiger charge is 2.06. The third-order valence-electron chi connectivity index (χ3n) is 3.97. The molecule has 0 heterocycles. The number of nitrogens with one attached hydrogen (secondary N) is 2. The molecular formula is C18H23FN4. The van der Waals surface area contributed by atoms with E-state index in [0.29, 0.717) is 23.6 Å². The second kappa shape index (κ2) is 8.94. The van der Waals surface area contributed by atoms with Crippen LogP contribution < -0.4 is 10.6 Å². The summed E-state index contributed by atoms with van der Waals surface area (Å²) in [5.74, 6) is 0.322. The Morgan fingerprint density at radius 1 is 1.35 bits per heavy atom. The minimum absolute atomic E-state index is 0.295. The van der Waals surface area contributed by atoms with Crippen LogP contribution in [0, 0.1) is 17.1 Å². The van der Waals surface area contributed by atoms with E-state index in [4.69, 9.17) is 5.26 Å². The summed E-state index contributed by atoms with van der Waals surface area (Å²) in [5, 5.41) is 15.2. The molecule has 0 amide bonds. The van der Waals surface area contributed by atoms with Crippen LogP contribution in [-0.2, 0) is 6.54 Å². The number of benzene rings is 1. The predicted octanol–water partition coefficient (Wildman–Crippen LogP) is 3.25. The predicted molar refractivity (Wildman–Crippen MR) is 90.5 cm³/mol. The highest BCUT2D eigenvalue weighted by atomic mass is 19.1. The molecule has 1 aliphatic carbocycles. The molecule has 5 heteroatoms. The van der Waals surface area contributed by atoms with Gasteiger partial charge in [-0.1, -0.05) is 11.6 Å². The van der Waals surface area contributed by atoms with Crippen molar-refractivity contribution in [2.45, 2.75) is 38.6 Å². The highest BCUT2D eigenvalue weighted by molar-refractivity contribution is 5.79. The molecule has 23 heavy (non-hydrogen) atoms. The Hall–Kier alpha value is -2.35. The van der Waals surface area contributed by atoms with Gasteiger partial charge < -0.3 is 10.6 Å². The number of guanidine groups is 1. The van der Waals surface area contributed by atoms with Gasteiger partial charge in [0.1, 0.15) is 5.82 Å². The van der Waals surface area contributed by atoms with Crippen molar-refractivity contribution >= 4 is 5.96 Å². The lowest BCUT2D eigenvalue weighted by molar-refractivity contribution is 0.604. The lowest BCUT2D eigenvalue weighted by atomic mass is 9.97. The van der Waals surface area contributed by atoms with Crippen molar-refractivity contribution in [1.29, 1.82) is 5.26 Å². The van der Waals surface area contributed by atoms with Gasteiger partial charge in [-0.3, -0.25) is 4.99 Å². The zero-order valence-electron chi connectivity index (χ0n) is 13.5. The summed E-state index contributed by atoms with van der Waals surface area (Å²) in [5.41, 5.74) is 2.42. The minimum Gasteiger partial charge on any atom is -0.356 e. The first-order chi connectivity index (χ1) is 11.2. The molecule has 0 atom stereocenters. The maximum Gasteiger partial charge on any atom is 0.191 e. The van der Waals surface area contributed by atoms with Gasteiger partial charge in [0.25, 0.3) is 0 Å². The summed E-state index contributed by atoms with van der Waals surface area (Å²) in [6.45, 7) is 1.11. The molecule has 0 bridgehead atoms. The maximum absolute atomic E-state index is 13.7. The molecule has 0 radical (unpaired) electrons. The molecule has 0 aliphatic heterocycles. The molecule has 2 N–H and O–H groups in total. The number of rotatable bonds is 5. The lowest BCUT2D eigenvalue weighted by Crippen LogP contribution is -2.37. The molecule has 0 saturated heterocycles. The Bertz CT molecular complexity index is 628. The number of hydrogen-bond donors (Lipinski definition) is 2. The number of halogens is 1. The Morgan fingerprint density at radius 3 is 2.91 bits per heavy atom. The van der Waals surface area contributed by atoms with Crippen LogP contribution >= 0.6 is 0 Å². The van der Waals surface area contributed by atoms with Crippen LogP contribution in [0.5, 0.6) is 0 Å². The van der Waals surface area contributed by atoms with Gasteiger partial charge in [-0.2, -0.15) is 5.26 Å². The van der Waals surface area contributed by atoms with Crippen LogP contribution in [0.15, 0.2) is 34.8 Å². The van der Waals surface area contributed by atoms with Gasteiger partial charge >= 0.3 is 0 Å². The Kier molecular flexibility index (Phi) is 6.61. The Morgan fingerprint density at radius 2 is 2.22 bits per heavy atom. The highest BCUT2D eigenvalue weighted by Crippen LogP contribution is 2.19. The van der Waals surface area contributed by atoms with Crippen LogP contribution in [0.25, 0.3) is 0 Å². The summed E-state index contributed by atoms with van der Waals surface area (Å²) in [6.07, 6.45) is 8.32. The number of nitrogens with zero attached hydrogens (tertiary/aromatic N) is 2. The summed E-state index contributed by atoms with van der Waals surface area (Å²) in [7, 11) is 1.69. The topological polar surface area (TPSA) is 60.2 Å². The molecule has 0 spiro atoms. The van der Waals surface area contributed by atoms with Gasteiger partial charge in [-0.25, -0.2) is 4.39 Å². The van der Waals surface area contributed by atoms with E-state index in [1.165, 1.54) is 43.4 Å². The van der Waals surface area contributed by atoms with E-state index in [0.717, 1.165) is 13.0 Å². The normalized spacial score (nSPS) is 14.8. The van der Waals surface area contributed by atoms with Crippen LogP contribution in [0.2, 0.25) is 0 Å². The average molecular weight is 314 g/mol. The summed E-state index contributed by atoms with van der Waals surface area (Å²) < 4.78 is 13.7.